The summed E-state index contributed by atoms with van der Waals surface area (Å²) in [7, 11) is 2.23. The molecule has 6 rings (SSSR count). The number of aliphatic hydroxyl groups is 3. The monoisotopic (exact) mass is 489 g/mol. The van der Waals surface area contributed by atoms with Gasteiger partial charge >= 0.3 is 0 Å². The summed E-state index contributed by atoms with van der Waals surface area (Å²) in [5.74, 6) is 2.84. The summed E-state index contributed by atoms with van der Waals surface area (Å²) in [6.45, 7) is 10.0. The third-order valence-electron chi connectivity index (χ3n) is 12.6. The number of likely N-dealkylation sites (N-methyl/N-ethyl adjacent to an activating group) is 1. The van der Waals surface area contributed by atoms with Crippen molar-refractivity contribution < 1.29 is 15.3 Å². The van der Waals surface area contributed by atoms with Crippen LogP contribution < -0.4 is 0 Å². The molecule has 0 radical (unpaired) electrons. The number of hydrogen-bond donors (Lipinski definition) is 3. The first kappa shape index (κ1) is 25.1. The lowest BCUT2D eigenvalue weighted by molar-refractivity contribution is -0.170. The molecule has 6 nitrogen and oxygen atoms in total. The van der Waals surface area contributed by atoms with Gasteiger partial charge in [0.25, 0.3) is 0 Å². The molecule has 0 spiro atoms. The van der Waals surface area contributed by atoms with Crippen LogP contribution in [0.5, 0.6) is 0 Å². The maximum Gasteiger partial charge on any atom is 0.0757 e. The van der Waals surface area contributed by atoms with Gasteiger partial charge in [0.2, 0.25) is 0 Å². The minimum atomic E-state index is -0.229. The van der Waals surface area contributed by atoms with Gasteiger partial charge in [0.1, 0.15) is 0 Å². The quantitative estimate of drug-likeness (QED) is 0.554. The first-order valence-electron chi connectivity index (χ1n) is 14.9. The van der Waals surface area contributed by atoms with E-state index < -0.39 is 0 Å². The number of fused-ring (bicyclic) bond motifs is 5. The molecular weight excluding hydrogens is 438 g/mol. The summed E-state index contributed by atoms with van der Waals surface area (Å²) >= 11 is 0. The summed E-state index contributed by atoms with van der Waals surface area (Å²) in [4.78, 5) is 7.74. The van der Waals surface area contributed by atoms with E-state index in [0.29, 0.717) is 23.4 Å². The van der Waals surface area contributed by atoms with Crippen molar-refractivity contribution >= 4 is 0 Å². The molecule has 6 heteroatoms. The average molecular weight is 490 g/mol. The molecule has 4 aliphatic carbocycles. The molecular formula is C29H51N3O3. The number of piperazine rings is 1. The second kappa shape index (κ2) is 9.20. The molecule has 4 saturated carbocycles. The lowest BCUT2D eigenvalue weighted by atomic mass is 9.44. The Morgan fingerprint density at radius 1 is 0.771 bits per heavy atom. The van der Waals surface area contributed by atoms with Crippen LogP contribution >= 0.6 is 0 Å². The minimum absolute atomic E-state index is 0.103. The third-order valence-corrected chi connectivity index (χ3v) is 12.6. The second-order valence-corrected chi connectivity index (χ2v) is 14.1. The van der Waals surface area contributed by atoms with E-state index in [1.807, 2.05) is 0 Å². The van der Waals surface area contributed by atoms with Gasteiger partial charge in [-0.05, 0) is 106 Å². The summed E-state index contributed by atoms with van der Waals surface area (Å²) in [6, 6.07) is 0.239. The van der Waals surface area contributed by atoms with E-state index in [0.717, 1.165) is 76.7 Å². The van der Waals surface area contributed by atoms with Crippen molar-refractivity contribution in [3.05, 3.63) is 0 Å². The molecule has 0 aromatic heterocycles. The summed E-state index contributed by atoms with van der Waals surface area (Å²) in [5.41, 5.74) is 0.437. The van der Waals surface area contributed by atoms with Crippen molar-refractivity contribution in [3.8, 4) is 0 Å². The molecule has 0 aromatic rings. The van der Waals surface area contributed by atoms with Crippen molar-refractivity contribution in [1.29, 1.82) is 0 Å². The van der Waals surface area contributed by atoms with E-state index >= 15 is 0 Å². The van der Waals surface area contributed by atoms with Gasteiger partial charge in [-0.2, -0.15) is 0 Å². The molecule has 2 saturated heterocycles. The Balaban J connectivity index is 1.25. The Hall–Kier alpha value is -0.240. The lowest BCUT2D eigenvalue weighted by Gasteiger charge is -2.63. The van der Waals surface area contributed by atoms with Gasteiger partial charge in [-0.15, -0.1) is 0 Å². The highest BCUT2D eigenvalue weighted by Gasteiger charge is 2.61. The van der Waals surface area contributed by atoms with Crippen molar-refractivity contribution in [2.75, 3.05) is 39.8 Å². The van der Waals surface area contributed by atoms with E-state index in [1.54, 1.807) is 0 Å². The molecule has 0 aromatic carbocycles. The van der Waals surface area contributed by atoms with Gasteiger partial charge in [0.15, 0.2) is 0 Å². The van der Waals surface area contributed by atoms with Crippen LogP contribution in [0.3, 0.4) is 0 Å². The average Bonchev–Trinajstić information content (AvgIpc) is 3.14. The van der Waals surface area contributed by atoms with Crippen LogP contribution in [0.15, 0.2) is 0 Å². The molecule has 0 bridgehead atoms. The van der Waals surface area contributed by atoms with Crippen LogP contribution in [-0.2, 0) is 0 Å². The van der Waals surface area contributed by atoms with Crippen molar-refractivity contribution in [2.24, 2.45) is 34.5 Å². The number of hydrogen-bond acceptors (Lipinski definition) is 6. The highest BCUT2D eigenvalue weighted by Crippen LogP contribution is 2.66. The molecule has 2 heterocycles. The van der Waals surface area contributed by atoms with E-state index in [4.69, 9.17) is 0 Å². The molecule has 0 amide bonds. The van der Waals surface area contributed by atoms with Gasteiger partial charge < -0.3 is 20.2 Å². The van der Waals surface area contributed by atoms with E-state index in [9.17, 15) is 15.3 Å². The van der Waals surface area contributed by atoms with Gasteiger partial charge in [-0.3, -0.25) is 9.80 Å². The van der Waals surface area contributed by atoms with Crippen LogP contribution in [0.1, 0.15) is 78.1 Å². The molecule has 2 aliphatic heterocycles. The number of rotatable bonds is 2. The molecule has 200 valence electrons. The molecule has 5 unspecified atom stereocenters. The highest BCUT2D eigenvalue weighted by molar-refractivity contribution is 5.11. The first-order chi connectivity index (χ1) is 16.7. The summed E-state index contributed by atoms with van der Waals surface area (Å²) < 4.78 is 0. The number of nitrogens with zero attached hydrogens (tertiary/aromatic N) is 3. The van der Waals surface area contributed by atoms with Gasteiger partial charge in [0, 0.05) is 38.8 Å². The second-order valence-electron chi connectivity index (χ2n) is 14.1. The number of aliphatic hydroxyl groups excluding tert-OH is 3. The Bertz CT molecular complexity index is 774. The maximum atomic E-state index is 11.6. The summed E-state index contributed by atoms with van der Waals surface area (Å²) in [6.07, 6.45) is 10.9. The van der Waals surface area contributed by atoms with Gasteiger partial charge in [0.05, 0.1) is 24.5 Å². The van der Waals surface area contributed by atoms with E-state index in [2.05, 4.69) is 35.6 Å². The fourth-order valence-corrected chi connectivity index (χ4v) is 10.4. The lowest BCUT2D eigenvalue weighted by Crippen LogP contribution is -2.68. The molecule has 6 fully saturated rings. The first-order valence-corrected chi connectivity index (χ1v) is 14.9. The number of piperidine rings is 1. The van der Waals surface area contributed by atoms with Crippen molar-refractivity contribution in [1.82, 2.24) is 14.7 Å². The summed E-state index contributed by atoms with van der Waals surface area (Å²) in [5, 5.41) is 32.5. The van der Waals surface area contributed by atoms with Gasteiger partial charge in [-0.25, -0.2) is 0 Å². The predicted molar refractivity (Wildman–Crippen MR) is 138 cm³/mol. The van der Waals surface area contributed by atoms with Crippen molar-refractivity contribution in [2.45, 2.75) is 109 Å². The highest BCUT2D eigenvalue weighted by atomic mass is 16.3. The Morgan fingerprint density at radius 3 is 2.29 bits per heavy atom. The minimum Gasteiger partial charge on any atom is -0.393 e. The SMILES string of the molecule is CN1CCN(C2C[C@@]3(C)C(CC[C@@H]4[C@H]3CC[C@]3(C)C(O)CC[C@@H]43)CC2O)C(N2CCC(O)CC2)C1. The normalized spacial score (nSPS) is 52.6. The molecule has 10 atom stereocenters. The van der Waals surface area contributed by atoms with Crippen LogP contribution in [0.4, 0.5) is 0 Å². The smallest absolute Gasteiger partial charge is 0.0757 e. The van der Waals surface area contributed by atoms with Gasteiger partial charge in [-0.1, -0.05) is 13.8 Å². The molecule has 35 heavy (non-hydrogen) atoms. The zero-order valence-corrected chi connectivity index (χ0v) is 22.5. The number of likely N-dealkylation sites (tertiary alicyclic amines) is 1. The zero-order chi connectivity index (χ0) is 24.5. The fraction of sp³-hybridized carbons (Fsp3) is 1.00. The Labute approximate surface area is 213 Å². The Morgan fingerprint density at radius 2 is 1.51 bits per heavy atom. The standard InChI is InChI=1S/C29H51N3O3/c1-28-11-8-23-21(22(28)6-7-26(28)35)5-4-19-16-25(34)24(17-29(19,23)2)32-15-14-30(3)18-27(32)31-12-9-20(33)10-13-31/h19-27,33-35H,4-18H2,1-3H3/t19?,21-,22-,23+,24?,25?,26?,27?,28-,29-/m0/s1. The molecule has 3 N–H and O–H groups in total. The molecule has 6 aliphatic rings. The van der Waals surface area contributed by atoms with Crippen LogP contribution in [0.25, 0.3) is 0 Å². The van der Waals surface area contributed by atoms with Crippen LogP contribution in [0, 0.1) is 34.5 Å². The largest absolute Gasteiger partial charge is 0.393 e. The predicted octanol–water partition coefficient (Wildman–Crippen LogP) is 2.76. The zero-order valence-electron chi connectivity index (χ0n) is 22.5. The van der Waals surface area contributed by atoms with E-state index in [-0.39, 0.29) is 29.8 Å². The van der Waals surface area contributed by atoms with E-state index in [1.165, 1.54) is 32.1 Å². The van der Waals surface area contributed by atoms with Crippen LogP contribution in [0.2, 0.25) is 0 Å². The Kier molecular flexibility index (Phi) is 6.59. The van der Waals surface area contributed by atoms with Crippen LogP contribution in [-0.4, -0.2) is 100 Å². The third kappa shape index (κ3) is 4.04. The fourth-order valence-electron chi connectivity index (χ4n) is 10.4. The maximum absolute atomic E-state index is 11.6. The van der Waals surface area contributed by atoms with Crippen molar-refractivity contribution in [3.63, 3.8) is 0 Å². The topological polar surface area (TPSA) is 70.4 Å².